The first-order valence-electron chi connectivity index (χ1n) is 8.47. The number of hydrogen-bond donors (Lipinski definition) is 2. The molecule has 26 heavy (non-hydrogen) atoms. The summed E-state index contributed by atoms with van der Waals surface area (Å²) in [5, 5.41) is 2.89. The van der Waals surface area contributed by atoms with Gasteiger partial charge in [-0.15, -0.1) is 11.8 Å². The molecule has 0 spiro atoms. The highest BCUT2D eigenvalue weighted by Crippen LogP contribution is 2.19. The van der Waals surface area contributed by atoms with Crippen LogP contribution in [0.4, 0.5) is 5.69 Å². The number of thioether (sulfide) groups is 1. The highest BCUT2D eigenvalue weighted by atomic mass is 32.2. The van der Waals surface area contributed by atoms with Crippen LogP contribution in [-0.4, -0.2) is 27.1 Å². The molecule has 0 bridgehead atoms. The van der Waals surface area contributed by atoms with Gasteiger partial charge in [-0.2, -0.15) is 0 Å². The summed E-state index contributed by atoms with van der Waals surface area (Å²) in [5.41, 5.74) is 1.71. The molecule has 0 heterocycles. The summed E-state index contributed by atoms with van der Waals surface area (Å²) in [6, 6.07) is 14.4. The summed E-state index contributed by atoms with van der Waals surface area (Å²) in [7, 11) is -3.45. The molecule has 5 nitrogen and oxygen atoms in total. The molecule has 1 amide bonds. The molecule has 0 radical (unpaired) electrons. The van der Waals surface area contributed by atoms with Crippen LogP contribution >= 0.6 is 11.8 Å². The average Bonchev–Trinajstić information content (AvgIpc) is 2.65. The minimum absolute atomic E-state index is 0.0652. The normalized spacial score (nSPS) is 11.3. The Kier molecular flexibility index (Phi) is 7.68. The second-order valence-corrected chi connectivity index (χ2v) is 8.47. The van der Waals surface area contributed by atoms with Gasteiger partial charge in [0.25, 0.3) is 0 Å². The fourth-order valence-electron chi connectivity index (χ4n) is 2.34. The second-order valence-electron chi connectivity index (χ2n) is 5.82. The van der Waals surface area contributed by atoms with Gasteiger partial charge in [-0.25, -0.2) is 13.1 Å². The molecule has 0 saturated carbocycles. The average molecular weight is 393 g/mol. The van der Waals surface area contributed by atoms with Gasteiger partial charge >= 0.3 is 0 Å². The number of rotatable bonds is 9. The van der Waals surface area contributed by atoms with Gasteiger partial charge in [-0.05, 0) is 55.0 Å². The molecule has 0 aromatic heterocycles. The molecule has 0 fully saturated rings. The number of benzene rings is 2. The summed E-state index contributed by atoms with van der Waals surface area (Å²) in [6.45, 7) is 2.33. The van der Waals surface area contributed by atoms with Gasteiger partial charge in [0.15, 0.2) is 0 Å². The summed E-state index contributed by atoms with van der Waals surface area (Å²) in [4.78, 5) is 13.4. The van der Waals surface area contributed by atoms with Crippen molar-refractivity contribution in [3.05, 3.63) is 54.1 Å². The first kappa shape index (κ1) is 20.5. The summed E-state index contributed by atoms with van der Waals surface area (Å²) in [6.07, 6.45) is 3.62. The molecule has 0 unspecified atom stereocenters. The summed E-state index contributed by atoms with van der Waals surface area (Å²) in [5.74, 6) is -0.0652. The minimum Gasteiger partial charge on any atom is -0.326 e. The van der Waals surface area contributed by atoms with E-state index in [0.29, 0.717) is 19.4 Å². The van der Waals surface area contributed by atoms with E-state index in [2.05, 4.69) is 10.0 Å². The van der Waals surface area contributed by atoms with Gasteiger partial charge in [0.05, 0.1) is 4.90 Å². The third-order valence-electron chi connectivity index (χ3n) is 3.77. The Hall–Kier alpha value is -1.83. The van der Waals surface area contributed by atoms with Crippen molar-refractivity contribution in [1.29, 1.82) is 0 Å². The van der Waals surface area contributed by atoms with Crippen molar-refractivity contribution in [2.75, 3.05) is 18.1 Å². The SMILES string of the molecule is CCCNS(=O)(=O)c1ccc(CCC(=O)Nc2cccc(SC)c2)cc1. The van der Waals surface area contributed by atoms with Crippen molar-refractivity contribution < 1.29 is 13.2 Å². The monoisotopic (exact) mass is 392 g/mol. The molecule has 7 heteroatoms. The predicted octanol–water partition coefficient (Wildman–Crippen LogP) is 3.67. The Morgan fingerprint density at radius 2 is 1.85 bits per heavy atom. The highest BCUT2D eigenvalue weighted by Gasteiger charge is 2.12. The summed E-state index contributed by atoms with van der Waals surface area (Å²) < 4.78 is 26.6. The van der Waals surface area contributed by atoms with Crippen LogP contribution in [0, 0.1) is 0 Å². The van der Waals surface area contributed by atoms with E-state index in [1.54, 1.807) is 36.0 Å². The standard InChI is InChI=1S/C19H24N2O3S2/c1-3-13-20-26(23,24)18-10-7-15(8-11-18)9-12-19(22)21-16-5-4-6-17(14-16)25-2/h4-8,10-11,14,20H,3,9,12-13H2,1-2H3,(H,21,22). The van der Waals surface area contributed by atoms with Crippen molar-refractivity contribution in [1.82, 2.24) is 4.72 Å². The lowest BCUT2D eigenvalue weighted by atomic mass is 10.1. The molecular formula is C19H24N2O3S2. The maximum absolute atomic E-state index is 12.1. The van der Waals surface area contributed by atoms with E-state index in [0.717, 1.165) is 22.6 Å². The van der Waals surface area contributed by atoms with Gasteiger partial charge in [0, 0.05) is 23.5 Å². The number of carbonyl (C=O) groups excluding carboxylic acids is 1. The molecule has 2 N–H and O–H groups in total. The van der Waals surface area contributed by atoms with Crippen molar-refractivity contribution in [2.45, 2.75) is 36.0 Å². The first-order valence-corrected chi connectivity index (χ1v) is 11.2. The molecular weight excluding hydrogens is 368 g/mol. The largest absolute Gasteiger partial charge is 0.326 e. The molecule has 140 valence electrons. The molecule has 0 atom stereocenters. The zero-order chi connectivity index (χ0) is 19.0. The topological polar surface area (TPSA) is 75.3 Å². The van der Waals surface area contributed by atoms with Crippen LogP contribution in [0.3, 0.4) is 0 Å². The lowest BCUT2D eigenvalue weighted by molar-refractivity contribution is -0.116. The molecule has 2 aromatic carbocycles. The number of amides is 1. The van der Waals surface area contributed by atoms with Crippen LogP contribution in [0.5, 0.6) is 0 Å². The molecule has 0 saturated heterocycles. The van der Waals surface area contributed by atoms with Gasteiger partial charge in [-0.1, -0.05) is 25.1 Å². The predicted molar refractivity (Wildman–Crippen MR) is 107 cm³/mol. The van der Waals surface area contributed by atoms with E-state index in [4.69, 9.17) is 0 Å². The van der Waals surface area contributed by atoms with Crippen LogP contribution in [0.1, 0.15) is 25.3 Å². The number of hydrogen-bond acceptors (Lipinski definition) is 4. The van der Waals surface area contributed by atoms with Crippen molar-refractivity contribution >= 4 is 33.4 Å². The fraction of sp³-hybridized carbons (Fsp3) is 0.316. The van der Waals surface area contributed by atoms with E-state index < -0.39 is 10.0 Å². The van der Waals surface area contributed by atoms with E-state index in [1.807, 2.05) is 37.4 Å². The van der Waals surface area contributed by atoms with Gasteiger partial charge < -0.3 is 5.32 Å². The van der Waals surface area contributed by atoms with Gasteiger partial charge in [0.2, 0.25) is 15.9 Å². The van der Waals surface area contributed by atoms with Crippen LogP contribution < -0.4 is 10.0 Å². The zero-order valence-corrected chi connectivity index (χ0v) is 16.6. The molecule has 0 aliphatic rings. The maximum Gasteiger partial charge on any atom is 0.240 e. The quantitative estimate of drug-likeness (QED) is 0.639. The first-order chi connectivity index (χ1) is 12.4. The van der Waals surface area contributed by atoms with E-state index >= 15 is 0 Å². The minimum atomic E-state index is -3.45. The Morgan fingerprint density at radius 3 is 2.50 bits per heavy atom. The number of sulfonamides is 1. The maximum atomic E-state index is 12.1. The number of nitrogens with one attached hydrogen (secondary N) is 2. The van der Waals surface area contributed by atoms with Crippen LogP contribution in [0.25, 0.3) is 0 Å². The highest BCUT2D eigenvalue weighted by molar-refractivity contribution is 7.98. The van der Waals surface area contributed by atoms with Crippen LogP contribution in [-0.2, 0) is 21.2 Å². The van der Waals surface area contributed by atoms with Crippen molar-refractivity contribution in [3.63, 3.8) is 0 Å². The van der Waals surface area contributed by atoms with Crippen molar-refractivity contribution in [3.8, 4) is 0 Å². The molecule has 2 aromatic rings. The van der Waals surface area contributed by atoms with Crippen molar-refractivity contribution in [2.24, 2.45) is 0 Å². The van der Waals surface area contributed by atoms with Gasteiger partial charge in [-0.3, -0.25) is 4.79 Å². The van der Waals surface area contributed by atoms with E-state index in [1.165, 1.54) is 0 Å². The molecule has 0 aliphatic heterocycles. The lowest BCUT2D eigenvalue weighted by Gasteiger charge is -2.08. The van der Waals surface area contributed by atoms with E-state index in [9.17, 15) is 13.2 Å². The Morgan fingerprint density at radius 1 is 1.12 bits per heavy atom. The number of aryl methyl sites for hydroxylation is 1. The van der Waals surface area contributed by atoms with Gasteiger partial charge in [0.1, 0.15) is 0 Å². The van der Waals surface area contributed by atoms with Crippen LogP contribution in [0.15, 0.2) is 58.3 Å². The third-order valence-corrected chi connectivity index (χ3v) is 5.97. The summed E-state index contributed by atoms with van der Waals surface area (Å²) >= 11 is 1.62. The van der Waals surface area contributed by atoms with E-state index in [-0.39, 0.29) is 10.8 Å². The Bertz CT molecular complexity index is 834. The molecule has 0 aliphatic carbocycles. The second kappa shape index (κ2) is 9.75. The Balaban J connectivity index is 1.90. The Labute approximate surface area is 159 Å². The van der Waals surface area contributed by atoms with Crippen LogP contribution in [0.2, 0.25) is 0 Å². The third kappa shape index (κ3) is 6.16. The zero-order valence-electron chi connectivity index (χ0n) is 15.0. The fourth-order valence-corrected chi connectivity index (χ4v) is 3.93. The number of anilines is 1. The number of carbonyl (C=O) groups is 1. The molecule has 2 rings (SSSR count). The smallest absolute Gasteiger partial charge is 0.240 e. The lowest BCUT2D eigenvalue weighted by Crippen LogP contribution is -2.24.